The van der Waals surface area contributed by atoms with Crippen LogP contribution in [0, 0.1) is 5.92 Å². The Morgan fingerprint density at radius 1 is 1.47 bits per heavy atom. The van der Waals surface area contributed by atoms with Crippen LogP contribution >= 0.6 is 0 Å². The summed E-state index contributed by atoms with van der Waals surface area (Å²) in [6, 6.07) is 7.38. The molecular formula is C14H21N3O2. The lowest BCUT2D eigenvalue weighted by atomic mass is 10.1. The topological polar surface area (TPSA) is 76.4 Å². The number of hydrogen-bond donors (Lipinski definition) is 3. The Hall–Kier alpha value is -1.59. The normalized spacial score (nSPS) is 20.0. The van der Waals surface area contributed by atoms with Gasteiger partial charge in [-0.05, 0) is 31.0 Å². The van der Waals surface area contributed by atoms with Gasteiger partial charge in [0.15, 0.2) is 0 Å². The molecule has 2 atom stereocenters. The number of carbonyl (C=O) groups is 1. The van der Waals surface area contributed by atoms with Crippen molar-refractivity contribution in [3.05, 3.63) is 29.8 Å². The Kier molecular flexibility index (Phi) is 4.76. The van der Waals surface area contributed by atoms with Crippen LogP contribution in [-0.2, 0) is 4.74 Å². The zero-order chi connectivity index (χ0) is 13.7. The fraction of sp³-hybridized carbons (Fsp3) is 0.500. The van der Waals surface area contributed by atoms with Crippen molar-refractivity contribution in [3.63, 3.8) is 0 Å². The van der Waals surface area contributed by atoms with Crippen LogP contribution in [0.2, 0.25) is 0 Å². The summed E-state index contributed by atoms with van der Waals surface area (Å²) in [5, 5.41) is 5.66. The van der Waals surface area contributed by atoms with E-state index in [1.165, 1.54) is 0 Å². The number of rotatable bonds is 4. The van der Waals surface area contributed by atoms with Gasteiger partial charge in [-0.3, -0.25) is 0 Å². The van der Waals surface area contributed by atoms with Crippen LogP contribution in [0.15, 0.2) is 24.3 Å². The Balaban J connectivity index is 1.77. The van der Waals surface area contributed by atoms with Gasteiger partial charge in [-0.1, -0.05) is 12.1 Å². The number of carbonyl (C=O) groups excluding carboxylic acids is 1. The van der Waals surface area contributed by atoms with E-state index in [-0.39, 0.29) is 12.1 Å². The highest BCUT2D eigenvalue weighted by Crippen LogP contribution is 2.14. The molecule has 4 N–H and O–H groups in total. The van der Waals surface area contributed by atoms with E-state index in [0.717, 1.165) is 30.9 Å². The number of benzene rings is 1. The van der Waals surface area contributed by atoms with Crippen molar-refractivity contribution in [2.24, 2.45) is 11.7 Å². The van der Waals surface area contributed by atoms with Crippen LogP contribution in [0.4, 0.5) is 10.5 Å². The molecule has 1 aromatic carbocycles. The summed E-state index contributed by atoms with van der Waals surface area (Å²) >= 11 is 0. The molecule has 1 heterocycles. The van der Waals surface area contributed by atoms with Crippen LogP contribution in [-0.4, -0.2) is 25.8 Å². The molecule has 0 spiro atoms. The Bertz CT molecular complexity index is 411. The second kappa shape index (κ2) is 6.54. The number of hydrogen-bond acceptors (Lipinski definition) is 3. The highest BCUT2D eigenvalue weighted by Gasteiger charge is 2.16. The van der Waals surface area contributed by atoms with E-state index in [2.05, 4.69) is 10.6 Å². The van der Waals surface area contributed by atoms with E-state index < -0.39 is 0 Å². The number of nitrogens with one attached hydrogen (secondary N) is 2. The lowest BCUT2D eigenvalue weighted by Crippen LogP contribution is -2.33. The van der Waals surface area contributed by atoms with Gasteiger partial charge < -0.3 is 21.1 Å². The van der Waals surface area contributed by atoms with Gasteiger partial charge in [-0.2, -0.15) is 0 Å². The molecule has 2 amide bonds. The minimum absolute atomic E-state index is 0.00485. The molecular weight excluding hydrogens is 242 g/mol. The molecule has 0 aromatic heterocycles. The predicted octanol–water partition coefficient (Wildman–Crippen LogP) is 1.86. The van der Waals surface area contributed by atoms with Gasteiger partial charge in [0.05, 0.1) is 6.61 Å². The van der Waals surface area contributed by atoms with Crippen LogP contribution < -0.4 is 16.4 Å². The molecule has 0 radical (unpaired) electrons. The molecule has 2 unspecified atom stereocenters. The maximum absolute atomic E-state index is 11.7. The predicted molar refractivity (Wildman–Crippen MR) is 75.0 cm³/mol. The van der Waals surface area contributed by atoms with E-state index in [9.17, 15) is 4.79 Å². The zero-order valence-electron chi connectivity index (χ0n) is 11.2. The SMILES string of the molecule is CC(N)c1ccc(NC(=O)NCC2CCOC2)cc1. The quantitative estimate of drug-likeness (QED) is 0.776. The van der Waals surface area contributed by atoms with Gasteiger partial charge >= 0.3 is 6.03 Å². The van der Waals surface area contributed by atoms with Gasteiger partial charge in [-0.25, -0.2) is 4.79 Å². The largest absolute Gasteiger partial charge is 0.381 e. The standard InChI is InChI=1S/C14H21N3O2/c1-10(15)12-2-4-13(5-3-12)17-14(18)16-8-11-6-7-19-9-11/h2-5,10-11H,6-9,15H2,1H3,(H2,16,17,18). The van der Waals surface area contributed by atoms with Gasteiger partial charge in [0.1, 0.15) is 0 Å². The number of amides is 2. The molecule has 0 aliphatic carbocycles. The molecule has 0 bridgehead atoms. The van der Waals surface area contributed by atoms with E-state index in [0.29, 0.717) is 12.5 Å². The van der Waals surface area contributed by atoms with Gasteiger partial charge in [0, 0.05) is 30.8 Å². The van der Waals surface area contributed by atoms with Gasteiger partial charge in [0.25, 0.3) is 0 Å². The number of nitrogens with two attached hydrogens (primary N) is 1. The first-order valence-corrected chi connectivity index (χ1v) is 6.63. The second-order valence-electron chi connectivity index (χ2n) is 4.98. The highest BCUT2D eigenvalue weighted by molar-refractivity contribution is 5.89. The summed E-state index contributed by atoms with van der Waals surface area (Å²) in [7, 11) is 0. The lowest BCUT2D eigenvalue weighted by molar-refractivity contribution is 0.185. The molecule has 0 saturated carbocycles. The number of ether oxygens (including phenoxy) is 1. The van der Waals surface area contributed by atoms with E-state index in [1.807, 2.05) is 31.2 Å². The maximum atomic E-state index is 11.7. The summed E-state index contributed by atoms with van der Waals surface area (Å²) in [5.41, 5.74) is 7.59. The summed E-state index contributed by atoms with van der Waals surface area (Å²) in [6.45, 7) is 4.12. The average molecular weight is 263 g/mol. The first-order chi connectivity index (χ1) is 9.15. The first-order valence-electron chi connectivity index (χ1n) is 6.63. The minimum Gasteiger partial charge on any atom is -0.381 e. The maximum Gasteiger partial charge on any atom is 0.319 e. The zero-order valence-corrected chi connectivity index (χ0v) is 11.2. The molecule has 1 aliphatic rings. The molecule has 5 heteroatoms. The summed E-state index contributed by atoms with van der Waals surface area (Å²) < 4.78 is 5.26. The van der Waals surface area contributed by atoms with Gasteiger partial charge in [0.2, 0.25) is 0 Å². The van der Waals surface area contributed by atoms with Crippen molar-refractivity contribution < 1.29 is 9.53 Å². The Morgan fingerprint density at radius 2 is 2.21 bits per heavy atom. The van der Waals surface area contributed by atoms with E-state index >= 15 is 0 Å². The van der Waals surface area contributed by atoms with Crippen molar-refractivity contribution in [2.75, 3.05) is 25.1 Å². The van der Waals surface area contributed by atoms with Crippen molar-refractivity contribution >= 4 is 11.7 Å². The molecule has 1 aromatic rings. The summed E-state index contributed by atoms with van der Waals surface area (Å²) in [4.78, 5) is 11.7. The van der Waals surface area contributed by atoms with Crippen molar-refractivity contribution in [3.8, 4) is 0 Å². The monoisotopic (exact) mass is 263 g/mol. The third-order valence-corrected chi connectivity index (χ3v) is 3.27. The highest BCUT2D eigenvalue weighted by atomic mass is 16.5. The fourth-order valence-corrected chi connectivity index (χ4v) is 2.03. The second-order valence-corrected chi connectivity index (χ2v) is 4.98. The van der Waals surface area contributed by atoms with Crippen LogP contribution in [0.3, 0.4) is 0 Å². The van der Waals surface area contributed by atoms with Gasteiger partial charge in [-0.15, -0.1) is 0 Å². The molecule has 1 fully saturated rings. The number of urea groups is 1. The summed E-state index contributed by atoms with van der Waals surface area (Å²) in [5.74, 6) is 0.436. The molecule has 19 heavy (non-hydrogen) atoms. The third-order valence-electron chi connectivity index (χ3n) is 3.27. The van der Waals surface area contributed by atoms with E-state index in [1.54, 1.807) is 0 Å². The third kappa shape index (κ3) is 4.22. The smallest absolute Gasteiger partial charge is 0.319 e. The fourth-order valence-electron chi connectivity index (χ4n) is 2.03. The van der Waals surface area contributed by atoms with Crippen LogP contribution in [0.5, 0.6) is 0 Å². The van der Waals surface area contributed by atoms with Crippen molar-refractivity contribution in [1.82, 2.24) is 5.32 Å². The lowest BCUT2D eigenvalue weighted by Gasteiger charge is -2.11. The first kappa shape index (κ1) is 13.8. The molecule has 5 nitrogen and oxygen atoms in total. The molecule has 2 rings (SSSR count). The van der Waals surface area contributed by atoms with E-state index in [4.69, 9.17) is 10.5 Å². The Morgan fingerprint density at radius 3 is 2.79 bits per heavy atom. The minimum atomic E-state index is -0.180. The van der Waals surface area contributed by atoms with Crippen LogP contribution in [0.1, 0.15) is 24.9 Å². The van der Waals surface area contributed by atoms with Crippen molar-refractivity contribution in [2.45, 2.75) is 19.4 Å². The Labute approximate surface area is 113 Å². The van der Waals surface area contributed by atoms with Crippen LogP contribution in [0.25, 0.3) is 0 Å². The average Bonchev–Trinajstić information content (AvgIpc) is 2.90. The molecule has 1 saturated heterocycles. The summed E-state index contributed by atoms with van der Waals surface area (Å²) in [6.07, 6.45) is 1.02. The number of anilines is 1. The molecule has 104 valence electrons. The van der Waals surface area contributed by atoms with Crippen molar-refractivity contribution in [1.29, 1.82) is 0 Å². The molecule has 1 aliphatic heterocycles.